The van der Waals surface area contributed by atoms with Gasteiger partial charge >= 0.3 is 29.6 Å². The predicted octanol–water partition coefficient (Wildman–Crippen LogP) is -4.54. The van der Waals surface area contributed by atoms with Crippen molar-refractivity contribution in [3.8, 4) is 0 Å². The number of hydrogen-bond acceptors (Lipinski definition) is 3. The standard InChI is InChI=1S/C3H7NO.C2H4O2.Na/c1-4(2)3-5;1-2(3)4;/h3H,1-2H3;1H3,(H,3,4);/q;;+1/p-1. The molecule has 0 aliphatic carbocycles. The topological polar surface area (TPSA) is 60.4 Å². The Kier molecular flexibility index (Phi) is 19.3. The molecule has 0 N–H and O–H groups in total. The molecule has 0 aromatic carbocycles. The maximum absolute atomic E-state index is 9.43. The van der Waals surface area contributed by atoms with Gasteiger partial charge in [0.2, 0.25) is 6.41 Å². The SMILES string of the molecule is CC(=O)[O-].CN(C)C=O.[Na+]. The first-order valence-corrected chi connectivity index (χ1v) is 2.30. The number of carbonyl (C=O) groups is 2. The molecule has 0 bridgehead atoms. The average molecular weight is 155 g/mol. The van der Waals surface area contributed by atoms with Crippen LogP contribution in [0.3, 0.4) is 0 Å². The molecule has 0 saturated carbocycles. The van der Waals surface area contributed by atoms with Gasteiger partial charge in [-0.3, -0.25) is 4.79 Å². The molecular weight excluding hydrogens is 145 g/mol. The zero-order chi connectivity index (χ0) is 7.86. The maximum Gasteiger partial charge on any atom is 1.00 e. The zero-order valence-electron chi connectivity index (χ0n) is 6.75. The van der Waals surface area contributed by atoms with E-state index in [4.69, 9.17) is 9.90 Å². The third kappa shape index (κ3) is 102. The quantitative estimate of drug-likeness (QED) is 0.283. The molecule has 0 radical (unpaired) electrons. The van der Waals surface area contributed by atoms with Crippen molar-refractivity contribution in [1.29, 1.82) is 0 Å². The van der Waals surface area contributed by atoms with Crippen LogP contribution in [0.4, 0.5) is 0 Å². The molecule has 10 heavy (non-hydrogen) atoms. The number of rotatable bonds is 1. The van der Waals surface area contributed by atoms with E-state index >= 15 is 0 Å². The van der Waals surface area contributed by atoms with Crippen molar-refractivity contribution in [1.82, 2.24) is 4.90 Å². The van der Waals surface area contributed by atoms with Gasteiger partial charge in [-0.2, -0.15) is 0 Å². The summed E-state index contributed by atoms with van der Waals surface area (Å²) >= 11 is 0. The predicted molar refractivity (Wildman–Crippen MR) is 30.4 cm³/mol. The summed E-state index contributed by atoms with van der Waals surface area (Å²) in [6.45, 7) is 0.972. The molecule has 0 aliphatic heterocycles. The number of carbonyl (C=O) groups excluding carboxylic acids is 2. The Morgan fingerprint density at radius 2 is 1.60 bits per heavy atom. The smallest absolute Gasteiger partial charge is 0.550 e. The van der Waals surface area contributed by atoms with E-state index in [1.165, 1.54) is 4.90 Å². The summed E-state index contributed by atoms with van der Waals surface area (Å²) in [4.78, 5) is 19.8. The summed E-state index contributed by atoms with van der Waals surface area (Å²) in [7, 11) is 3.38. The Morgan fingerprint density at radius 3 is 1.60 bits per heavy atom. The van der Waals surface area contributed by atoms with E-state index in [2.05, 4.69) is 0 Å². The minimum Gasteiger partial charge on any atom is -0.550 e. The Bertz CT molecular complexity index is 90.9. The summed E-state index contributed by atoms with van der Waals surface area (Å²) in [5.41, 5.74) is 0. The molecule has 54 valence electrons. The van der Waals surface area contributed by atoms with Crippen LogP contribution >= 0.6 is 0 Å². The monoisotopic (exact) mass is 155 g/mol. The average Bonchev–Trinajstić information content (AvgIpc) is 1.65. The molecule has 0 rings (SSSR count). The second kappa shape index (κ2) is 11.7. The maximum atomic E-state index is 9.43. The van der Waals surface area contributed by atoms with Crippen molar-refractivity contribution < 1.29 is 44.3 Å². The van der Waals surface area contributed by atoms with Crippen molar-refractivity contribution in [2.45, 2.75) is 6.92 Å². The first-order valence-electron chi connectivity index (χ1n) is 2.30. The molecule has 0 aromatic rings. The van der Waals surface area contributed by atoms with Gasteiger partial charge in [-0.1, -0.05) is 0 Å². The normalized spacial score (nSPS) is 5.90. The molecule has 0 aromatic heterocycles. The van der Waals surface area contributed by atoms with E-state index in [0.717, 1.165) is 13.3 Å². The molecule has 0 aliphatic rings. The molecule has 0 saturated heterocycles. The molecule has 0 spiro atoms. The van der Waals surface area contributed by atoms with Gasteiger partial charge in [-0.15, -0.1) is 0 Å². The molecule has 0 fully saturated rings. The summed E-state index contributed by atoms with van der Waals surface area (Å²) < 4.78 is 0. The third-order valence-electron chi connectivity index (χ3n) is 0.211. The first kappa shape index (κ1) is 16.5. The zero-order valence-corrected chi connectivity index (χ0v) is 8.75. The van der Waals surface area contributed by atoms with Gasteiger partial charge in [0, 0.05) is 20.1 Å². The first-order chi connectivity index (χ1) is 4.00. The largest absolute Gasteiger partial charge is 1.00 e. The second-order valence-electron chi connectivity index (χ2n) is 1.56. The van der Waals surface area contributed by atoms with Crippen LogP contribution in [-0.2, 0) is 9.59 Å². The van der Waals surface area contributed by atoms with Crippen molar-refractivity contribution in [2.75, 3.05) is 14.1 Å². The van der Waals surface area contributed by atoms with E-state index in [1.807, 2.05) is 0 Å². The Hall–Kier alpha value is -0.0600. The van der Waals surface area contributed by atoms with Crippen LogP contribution in [-0.4, -0.2) is 31.4 Å². The Morgan fingerprint density at radius 1 is 1.50 bits per heavy atom. The fourth-order valence-electron chi connectivity index (χ4n) is 0. The van der Waals surface area contributed by atoms with Crippen molar-refractivity contribution in [3.05, 3.63) is 0 Å². The van der Waals surface area contributed by atoms with Crippen molar-refractivity contribution >= 4 is 12.4 Å². The molecule has 4 nitrogen and oxygen atoms in total. The minimum atomic E-state index is -1.08. The van der Waals surface area contributed by atoms with Crippen LogP contribution in [0.2, 0.25) is 0 Å². The minimum absolute atomic E-state index is 0. The van der Waals surface area contributed by atoms with Gasteiger partial charge in [0.15, 0.2) is 0 Å². The number of carboxylic acid groups (broad SMARTS) is 1. The number of hydrogen-bond donors (Lipinski definition) is 0. The summed E-state index contributed by atoms with van der Waals surface area (Å²) in [6.07, 6.45) is 0.750. The van der Waals surface area contributed by atoms with Crippen LogP contribution in [0.1, 0.15) is 6.92 Å². The molecule has 0 heterocycles. The van der Waals surface area contributed by atoms with Crippen LogP contribution in [0, 0.1) is 0 Å². The fourth-order valence-corrected chi connectivity index (χ4v) is 0. The molecule has 0 unspecified atom stereocenters. The Balaban J connectivity index is -0.0000000910. The molecular formula is C5H10NNaO3. The number of nitrogens with zero attached hydrogens (tertiary/aromatic N) is 1. The van der Waals surface area contributed by atoms with E-state index < -0.39 is 5.97 Å². The fraction of sp³-hybridized carbons (Fsp3) is 0.600. The van der Waals surface area contributed by atoms with E-state index in [0.29, 0.717) is 0 Å². The number of amides is 1. The number of carboxylic acids is 1. The van der Waals surface area contributed by atoms with Crippen LogP contribution in [0.5, 0.6) is 0 Å². The molecule has 1 amide bonds. The van der Waals surface area contributed by atoms with Gasteiger partial charge in [0.25, 0.3) is 0 Å². The second-order valence-corrected chi connectivity index (χ2v) is 1.56. The van der Waals surface area contributed by atoms with E-state index in [-0.39, 0.29) is 29.6 Å². The molecule has 5 heteroatoms. The van der Waals surface area contributed by atoms with Gasteiger partial charge in [-0.05, 0) is 6.92 Å². The van der Waals surface area contributed by atoms with Gasteiger partial charge in [0.05, 0.1) is 0 Å². The summed E-state index contributed by atoms with van der Waals surface area (Å²) in [5.74, 6) is -1.08. The Labute approximate surface area is 82.5 Å². The summed E-state index contributed by atoms with van der Waals surface area (Å²) in [6, 6.07) is 0. The van der Waals surface area contributed by atoms with Crippen molar-refractivity contribution in [3.63, 3.8) is 0 Å². The summed E-state index contributed by atoms with van der Waals surface area (Å²) in [5, 5.41) is 8.89. The van der Waals surface area contributed by atoms with Gasteiger partial charge in [-0.25, -0.2) is 0 Å². The van der Waals surface area contributed by atoms with Crippen LogP contribution < -0.4 is 34.7 Å². The van der Waals surface area contributed by atoms with Crippen molar-refractivity contribution in [2.24, 2.45) is 0 Å². The van der Waals surface area contributed by atoms with Gasteiger partial charge in [0.1, 0.15) is 0 Å². The van der Waals surface area contributed by atoms with E-state index in [9.17, 15) is 4.79 Å². The number of aliphatic carboxylic acids is 1. The van der Waals surface area contributed by atoms with Crippen LogP contribution in [0.25, 0.3) is 0 Å². The third-order valence-corrected chi connectivity index (χ3v) is 0.211. The van der Waals surface area contributed by atoms with E-state index in [1.54, 1.807) is 14.1 Å². The van der Waals surface area contributed by atoms with Crippen LogP contribution in [0.15, 0.2) is 0 Å². The van der Waals surface area contributed by atoms with Gasteiger partial charge < -0.3 is 14.8 Å². The molecule has 0 atom stereocenters.